The Morgan fingerprint density at radius 3 is 2.79 bits per heavy atom. The van der Waals surface area contributed by atoms with Crippen LogP contribution >= 0.6 is 0 Å². The molecular formula is C15H21N3O. The summed E-state index contributed by atoms with van der Waals surface area (Å²) in [6.45, 7) is 8.22. The smallest absolute Gasteiger partial charge is 0.248 e. The third kappa shape index (κ3) is 3.41. The van der Waals surface area contributed by atoms with Crippen LogP contribution in [0.1, 0.15) is 30.4 Å². The molecule has 1 aromatic heterocycles. The highest BCUT2D eigenvalue weighted by Crippen LogP contribution is 2.24. The van der Waals surface area contributed by atoms with Crippen molar-refractivity contribution in [2.75, 3.05) is 13.1 Å². The number of hydrogen-bond donors (Lipinski definition) is 1. The van der Waals surface area contributed by atoms with Crippen LogP contribution in [-0.4, -0.2) is 23.3 Å². The van der Waals surface area contributed by atoms with Crippen molar-refractivity contribution >= 4 is 0 Å². The zero-order valence-electron chi connectivity index (χ0n) is 11.9. The van der Waals surface area contributed by atoms with E-state index in [1.165, 1.54) is 11.1 Å². The van der Waals surface area contributed by atoms with E-state index >= 15 is 0 Å². The molecule has 0 aliphatic carbocycles. The summed E-state index contributed by atoms with van der Waals surface area (Å²) >= 11 is 0. The fraction of sp³-hybridized carbons (Fsp3) is 0.467. The molecular weight excluding hydrogens is 238 g/mol. The lowest BCUT2D eigenvalue weighted by atomic mass is 10.0. The molecule has 1 aromatic carbocycles. The minimum atomic E-state index is 0.617. The molecule has 2 rings (SSSR count). The van der Waals surface area contributed by atoms with Gasteiger partial charge in [0, 0.05) is 18.5 Å². The number of hydrogen-bond acceptors (Lipinski definition) is 4. The fourth-order valence-corrected chi connectivity index (χ4v) is 1.94. The highest BCUT2D eigenvalue weighted by Gasteiger charge is 2.11. The summed E-state index contributed by atoms with van der Waals surface area (Å²) in [4.78, 5) is 0. The van der Waals surface area contributed by atoms with Gasteiger partial charge in [-0.3, -0.25) is 0 Å². The average Bonchev–Trinajstić information content (AvgIpc) is 2.87. The van der Waals surface area contributed by atoms with Crippen LogP contribution in [0.15, 0.2) is 22.6 Å². The molecule has 0 amide bonds. The first-order valence-corrected chi connectivity index (χ1v) is 6.82. The Labute approximate surface area is 114 Å². The van der Waals surface area contributed by atoms with Gasteiger partial charge in [-0.15, -0.1) is 10.2 Å². The summed E-state index contributed by atoms with van der Waals surface area (Å²) in [6.07, 6.45) is 1.91. The molecule has 4 heteroatoms. The Morgan fingerprint density at radius 2 is 2.00 bits per heavy atom. The van der Waals surface area contributed by atoms with Crippen LogP contribution in [0.5, 0.6) is 0 Å². The molecule has 1 N–H and O–H groups in total. The molecule has 0 bridgehead atoms. The van der Waals surface area contributed by atoms with E-state index in [-0.39, 0.29) is 0 Å². The maximum absolute atomic E-state index is 5.72. The molecule has 0 aliphatic heterocycles. The van der Waals surface area contributed by atoms with Gasteiger partial charge in [0.2, 0.25) is 11.8 Å². The molecule has 0 fully saturated rings. The van der Waals surface area contributed by atoms with Gasteiger partial charge in [-0.1, -0.05) is 19.1 Å². The topological polar surface area (TPSA) is 51.0 Å². The largest absolute Gasteiger partial charge is 0.421 e. The first-order chi connectivity index (χ1) is 9.22. The van der Waals surface area contributed by atoms with Gasteiger partial charge in [0.1, 0.15) is 0 Å². The van der Waals surface area contributed by atoms with E-state index in [4.69, 9.17) is 4.42 Å². The van der Waals surface area contributed by atoms with E-state index in [2.05, 4.69) is 42.4 Å². The second-order valence-electron chi connectivity index (χ2n) is 4.75. The second-order valence-corrected chi connectivity index (χ2v) is 4.75. The predicted molar refractivity (Wildman–Crippen MR) is 76.1 cm³/mol. The summed E-state index contributed by atoms with van der Waals surface area (Å²) < 4.78 is 5.72. The molecule has 0 spiro atoms. The monoisotopic (exact) mass is 259 g/mol. The molecule has 0 radical (unpaired) electrons. The Kier molecular flexibility index (Phi) is 4.68. The van der Waals surface area contributed by atoms with E-state index in [1.807, 2.05) is 12.1 Å². The third-order valence-electron chi connectivity index (χ3n) is 3.24. The first kappa shape index (κ1) is 13.7. The zero-order valence-corrected chi connectivity index (χ0v) is 11.9. The number of nitrogens with one attached hydrogen (secondary N) is 1. The molecule has 19 heavy (non-hydrogen) atoms. The van der Waals surface area contributed by atoms with E-state index in [0.29, 0.717) is 11.8 Å². The number of nitrogens with zero attached hydrogens (tertiary/aromatic N) is 2. The van der Waals surface area contributed by atoms with Crippen LogP contribution < -0.4 is 5.32 Å². The Morgan fingerprint density at radius 1 is 1.16 bits per heavy atom. The maximum atomic E-state index is 5.72. The summed E-state index contributed by atoms with van der Waals surface area (Å²) in [5.41, 5.74) is 3.46. The zero-order chi connectivity index (χ0) is 13.7. The lowest BCUT2D eigenvalue weighted by Gasteiger charge is -2.03. The maximum Gasteiger partial charge on any atom is 0.248 e. The van der Waals surface area contributed by atoms with Crippen LogP contribution in [-0.2, 0) is 6.42 Å². The average molecular weight is 259 g/mol. The normalized spacial score (nSPS) is 10.9. The van der Waals surface area contributed by atoms with Crippen molar-refractivity contribution in [2.24, 2.45) is 0 Å². The van der Waals surface area contributed by atoms with Crippen molar-refractivity contribution in [2.45, 2.75) is 33.6 Å². The lowest BCUT2D eigenvalue weighted by molar-refractivity contribution is 0.494. The molecule has 0 unspecified atom stereocenters. The summed E-state index contributed by atoms with van der Waals surface area (Å²) in [6, 6.07) is 6.13. The van der Waals surface area contributed by atoms with E-state index in [0.717, 1.165) is 31.5 Å². The number of aromatic nitrogens is 2. The van der Waals surface area contributed by atoms with Gasteiger partial charge >= 0.3 is 0 Å². The quantitative estimate of drug-likeness (QED) is 0.810. The van der Waals surface area contributed by atoms with E-state index in [1.54, 1.807) is 0 Å². The summed E-state index contributed by atoms with van der Waals surface area (Å²) in [5.74, 6) is 1.31. The predicted octanol–water partition coefficient (Wildman–Crippen LogP) is 2.90. The molecule has 0 atom stereocenters. The van der Waals surface area contributed by atoms with Gasteiger partial charge in [0.25, 0.3) is 0 Å². The second kappa shape index (κ2) is 6.48. The van der Waals surface area contributed by atoms with Crippen LogP contribution in [0.4, 0.5) is 0 Å². The van der Waals surface area contributed by atoms with Crippen LogP contribution in [0.3, 0.4) is 0 Å². The summed E-state index contributed by atoms with van der Waals surface area (Å²) in [5, 5.41) is 11.6. The van der Waals surface area contributed by atoms with Crippen molar-refractivity contribution in [1.29, 1.82) is 0 Å². The minimum Gasteiger partial charge on any atom is -0.421 e. The van der Waals surface area contributed by atoms with E-state index in [9.17, 15) is 0 Å². The van der Waals surface area contributed by atoms with E-state index < -0.39 is 0 Å². The summed E-state index contributed by atoms with van der Waals surface area (Å²) in [7, 11) is 0. The van der Waals surface area contributed by atoms with Gasteiger partial charge in [-0.2, -0.15) is 0 Å². The molecule has 102 valence electrons. The Hall–Kier alpha value is -1.68. The van der Waals surface area contributed by atoms with Gasteiger partial charge in [0.05, 0.1) is 0 Å². The minimum absolute atomic E-state index is 0.617. The van der Waals surface area contributed by atoms with Crippen molar-refractivity contribution in [3.63, 3.8) is 0 Å². The van der Waals surface area contributed by atoms with Gasteiger partial charge in [-0.05, 0) is 44.0 Å². The van der Waals surface area contributed by atoms with Gasteiger partial charge in [-0.25, -0.2) is 0 Å². The number of aryl methyl sites for hydroxylation is 1. The van der Waals surface area contributed by atoms with Crippen LogP contribution in [0.25, 0.3) is 11.5 Å². The van der Waals surface area contributed by atoms with Gasteiger partial charge < -0.3 is 9.73 Å². The lowest BCUT2D eigenvalue weighted by Crippen LogP contribution is -2.17. The van der Waals surface area contributed by atoms with Gasteiger partial charge in [0.15, 0.2) is 0 Å². The molecule has 2 aromatic rings. The Bertz CT molecular complexity index is 534. The molecule has 0 saturated carbocycles. The van der Waals surface area contributed by atoms with Crippen molar-refractivity contribution < 1.29 is 4.42 Å². The van der Waals surface area contributed by atoms with Crippen molar-refractivity contribution in [1.82, 2.24) is 15.5 Å². The SMILES string of the molecule is CCCNCCc1nnc(-c2cccc(C)c2C)o1. The number of benzene rings is 1. The van der Waals surface area contributed by atoms with Crippen LogP contribution in [0.2, 0.25) is 0 Å². The Balaban J connectivity index is 2.06. The standard InChI is InChI=1S/C15H21N3O/c1-4-9-16-10-8-14-17-18-15(19-14)13-7-5-6-11(2)12(13)3/h5-7,16H,4,8-10H2,1-3H3. The molecule has 4 nitrogen and oxygen atoms in total. The molecule has 0 aliphatic rings. The van der Waals surface area contributed by atoms with Crippen LogP contribution in [0, 0.1) is 13.8 Å². The molecule has 1 heterocycles. The highest BCUT2D eigenvalue weighted by molar-refractivity contribution is 5.59. The number of rotatable bonds is 6. The van der Waals surface area contributed by atoms with Crippen molar-refractivity contribution in [3.05, 3.63) is 35.2 Å². The van der Waals surface area contributed by atoms with Crippen molar-refractivity contribution in [3.8, 4) is 11.5 Å². The first-order valence-electron chi connectivity index (χ1n) is 6.82. The highest BCUT2D eigenvalue weighted by atomic mass is 16.4. The molecule has 0 saturated heterocycles. The fourth-order valence-electron chi connectivity index (χ4n) is 1.94. The third-order valence-corrected chi connectivity index (χ3v) is 3.24.